The molecule has 2 rings (SSSR count). The van der Waals surface area contributed by atoms with E-state index in [0.717, 1.165) is 0 Å². The van der Waals surface area contributed by atoms with E-state index in [0.29, 0.717) is 21.3 Å². The second-order valence-corrected chi connectivity index (χ2v) is 6.72. The quantitative estimate of drug-likeness (QED) is 0.691. The standard InChI is InChI=1S/C18H20Cl2N2O5/c1-3-27-17(25)15-10(2)22(8-4-5-14(23)24)18(26)21-16(15)11-6-7-12(19)13(20)9-11/h6-7,9,16H,3-5,8H2,1-2H3,(H,21,26)(H,23,24)/p-1/t16-/m1/s1. The summed E-state index contributed by atoms with van der Waals surface area (Å²) in [6.07, 6.45) is 0.00264. The SMILES string of the molecule is CCOC(=O)C1=C(C)N(CCCC(=O)[O-])C(=O)N[C@@H]1c1ccc(Cl)c(Cl)c1. The van der Waals surface area contributed by atoms with Crippen molar-refractivity contribution in [2.45, 2.75) is 32.7 Å². The molecule has 2 amide bonds. The number of hydrogen-bond acceptors (Lipinski definition) is 5. The zero-order valence-electron chi connectivity index (χ0n) is 14.9. The number of allylic oxidation sites excluding steroid dienone is 1. The molecule has 1 aromatic carbocycles. The fraction of sp³-hybridized carbons (Fsp3) is 0.389. The number of benzene rings is 1. The molecular formula is C18H19Cl2N2O5-. The second-order valence-electron chi connectivity index (χ2n) is 5.90. The Kier molecular flexibility index (Phi) is 7.10. The first-order chi connectivity index (χ1) is 12.8. The number of carboxylic acids is 1. The highest BCUT2D eigenvalue weighted by atomic mass is 35.5. The maximum Gasteiger partial charge on any atom is 0.338 e. The van der Waals surface area contributed by atoms with Crippen molar-refractivity contribution < 1.29 is 24.2 Å². The van der Waals surface area contributed by atoms with Crippen molar-refractivity contribution in [1.29, 1.82) is 0 Å². The van der Waals surface area contributed by atoms with Crippen LogP contribution < -0.4 is 10.4 Å². The Labute approximate surface area is 166 Å². The third-order valence-corrected chi connectivity index (χ3v) is 4.87. The summed E-state index contributed by atoms with van der Waals surface area (Å²) >= 11 is 12.0. The van der Waals surface area contributed by atoms with Gasteiger partial charge in [0.15, 0.2) is 0 Å². The van der Waals surface area contributed by atoms with Crippen molar-refractivity contribution in [3.8, 4) is 0 Å². The predicted molar refractivity (Wildman–Crippen MR) is 98.0 cm³/mol. The van der Waals surface area contributed by atoms with Crippen LogP contribution in [-0.4, -0.2) is 36.0 Å². The average molecular weight is 414 g/mol. The van der Waals surface area contributed by atoms with Crippen molar-refractivity contribution in [1.82, 2.24) is 10.2 Å². The zero-order valence-corrected chi connectivity index (χ0v) is 16.4. The van der Waals surface area contributed by atoms with E-state index in [2.05, 4.69) is 5.32 Å². The third-order valence-electron chi connectivity index (χ3n) is 4.13. The minimum atomic E-state index is -1.20. The molecule has 9 heteroatoms. The Balaban J connectivity index is 2.42. The lowest BCUT2D eigenvalue weighted by Crippen LogP contribution is -2.48. The molecule has 0 bridgehead atoms. The van der Waals surface area contributed by atoms with Gasteiger partial charge in [-0.3, -0.25) is 4.90 Å². The van der Waals surface area contributed by atoms with Gasteiger partial charge >= 0.3 is 12.0 Å². The molecule has 1 heterocycles. The summed E-state index contributed by atoms with van der Waals surface area (Å²) in [5.74, 6) is -1.77. The van der Waals surface area contributed by atoms with E-state index in [4.69, 9.17) is 27.9 Å². The van der Waals surface area contributed by atoms with Crippen LogP contribution in [0, 0.1) is 0 Å². The normalized spacial score (nSPS) is 17.0. The summed E-state index contributed by atoms with van der Waals surface area (Å²) in [5.41, 5.74) is 1.23. The van der Waals surface area contributed by atoms with Gasteiger partial charge in [0.1, 0.15) is 0 Å². The van der Waals surface area contributed by atoms with Crippen molar-refractivity contribution >= 4 is 41.2 Å². The van der Waals surface area contributed by atoms with Crippen LogP contribution >= 0.6 is 23.2 Å². The number of nitrogens with one attached hydrogen (secondary N) is 1. The van der Waals surface area contributed by atoms with Crippen LogP contribution in [0.5, 0.6) is 0 Å². The predicted octanol–water partition coefficient (Wildman–Crippen LogP) is 2.43. The molecule has 0 fully saturated rings. The number of rotatable bonds is 7. The van der Waals surface area contributed by atoms with Crippen molar-refractivity contribution in [2.75, 3.05) is 13.2 Å². The molecule has 146 valence electrons. The van der Waals surface area contributed by atoms with Gasteiger partial charge in [-0.25, -0.2) is 9.59 Å². The van der Waals surface area contributed by atoms with E-state index in [-0.39, 0.29) is 31.6 Å². The van der Waals surface area contributed by atoms with Gasteiger partial charge in [0.05, 0.1) is 28.3 Å². The number of ether oxygens (including phenoxy) is 1. The Morgan fingerprint density at radius 2 is 2.00 bits per heavy atom. The highest BCUT2D eigenvalue weighted by molar-refractivity contribution is 6.42. The van der Waals surface area contributed by atoms with E-state index in [9.17, 15) is 19.5 Å². The number of hydrogen-bond donors (Lipinski definition) is 1. The van der Waals surface area contributed by atoms with E-state index in [1.165, 1.54) is 4.90 Å². The van der Waals surface area contributed by atoms with Gasteiger partial charge in [0.2, 0.25) is 0 Å². The number of carboxylic acid groups (broad SMARTS) is 1. The van der Waals surface area contributed by atoms with E-state index >= 15 is 0 Å². The van der Waals surface area contributed by atoms with Crippen LogP contribution in [0.2, 0.25) is 10.0 Å². The molecule has 0 aromatic heterocycles. The van der Waals surface area contributed by atoms with E-state index in [1.807, 2.05) is 0 Å². The summed E-state index contributed by atoms with van der Waals surface area (Å²) in [6.45, 7) is 3.60. The summed E-state index contributed by atoms with van der Waals surface area (Å²) in [7, 11) is 0. The topological polar surface area (TPSA) is 98.8 Å². The minimum absolute atomic E-state index is 0.128. The Morgan fingerprint density at radius 1 is 1.30 bits per heavy atom. The molecule has 0 aliphatic carbocycles. The highest BCUT2D eigenvalue weighted by Gasteiger charge is 2.36. The molecule has 1 aliphatic rings. The molecule has 0 radical (unpaired) electrons. The summed E-state index contributed by atoms with van der Waals surface area (Å²) < 4.78 is 5.15. The fourth-order valence-corrected chi connectivity index (χ4v) is 3.15. The molecule has 1 aromatic rings. The average Bonchev–Trinajstić information content (AvgIpc) is 2.59. The van der Waals surface area contributed by atoms with Gasteiger partial charge < -0.3 is 20.0 Å². The van der Waals surface area contributed by atoms with Crippen molar-refractivity contribution in [3.63, 3.8) is 0 Å². The lowest BCUT2D eigenvalue weighted by atomic mass is 9.95. The molecular weight excluding hydrogens is 395 g/mol. The second kappa shape index (κ2) is 9.10. The van der Waals surface area contributed by atoms with Crippen molar-refractivity contribution in [3.05, 3.63) is 45.1 Å². The largest absolute Gasteiger partial charge is 0.550 e. The fourth-order valence-electron chi connectivity index (χ4n) is 2.85. The van der Waals surface area contributed by atoms with Gasteiger partial charge in [0, 0.05) is 18.2 Å². The molecule has 0 saturated heterocycles. The monoisotopic (exact) mass is 413 g/mol. The summed E-state index contributed by atoms with van der Waals surface area (Å²) in [6, 6.07) is 3.61. The Bertz CT molecular complexity index is 794. The molecule has 1 atom stereocenters. The van der Waals surface area contributed by atoms with Crippen LogP contribution in [0.15, 0.2) is 29.5 Å². The number of nitrogens with zero attached hydrogens (tertiary/aromatic N) is 1. The van der Waals surface area contributed by atoms with Gasteiger partial charge in [0.25, 0.3) is 0 Å². The van der Waals surface area contributed by atoms with Crippen LogP contribution in [0.1, 0.15) is 38.3 Å². The number of aliphatic carboxylic acids is 1. The molecule has 0 unspecified atom stereocenters. The third kappa shape index (κ3) is 4.93. The first-order valence-electron chi connectivity index (χ1n) is 8.37. The maximum atomic E-state index is 12.6. The molecule has 0 spiro atoms. The van der Waals surface area contributed by atoms with Crippen LogP contribution in [0.4, 0.5) is 4.79 Å². The lowest BCUT2D eigenvalue weighted by Gasteiger charge is -2.35. The first-order valence-corrected chi connectivity index (χ1v) is 9.12. The van der Waals surface area contributed by atoms with Gasteiger partial charge in [-0.15, -0.1) is 0 Å². The smallest absolute Gasteiger partial charge is 0.338 e. The Hall–Kier alpha value is -2.25. The molecule has 1 aliphatic heterocycles. The van der Waals surface area contributed by atoms with Crippen LogP contribution in [0.3, 0.4) is 0 Å². The maximum absolute atomic E-state index is 12.6. The minimum Gasteiger partial charge on any atom is -0.550 e. The van der Waals surface area contributed by atoms with Gasteiger partial charge in [-0.1, -0.05) is 29.3 Å². The molecule has 0 saturated carbocycles. The number of carbonyl (C=O) groups excluding carboxylic acids is 3. The summed E-state index contributed by atoms with van der Waals surface area (Å²) in [5, 5.41) is 14.0. The molecule has 27 heavy (non-hydrogen) atoms. The first kappa shape index (κ1) is 21.1. The zero-order chi connectivity index (χ0) is 20.1. The van der Waals surface area contributed by atoms with Crippen molar-refractivity contribution in [2.24, 2.45) is 0 Å². The van der Waals surface area contributed by atoms with E-state index < -0.39 is 24.0 Å². The number of amides is 2. The molecule has 7 nitrogen and oxygen atoms in total. The highest BCUT2D eigenvalue weighted by Crippen LogP contribution is 2.34. The van der Waals surface area contributed by atoms with Gasteiger partial charge in [-0.2, -0.15) is 0 Å². The number of esters is 1. The molecule has 1 N–H and O–H groups in total. The van der Waals surface area contributed by atoms with E-state index in [1.54, 1.807) is 32.0 Å². The summed E-state index contributed by atoms with van der Waals surface area (Å²) in [4.78, 5) is 37.0. The number of urea groups is 1. The number of halogens is 2. The Morgan fingerprint density at radius 3 is 2.59 bits per heavy atom. The van der Waals surface area contributed by atoms with Crippen LogP contribution in [-0.2, 0) is 14.3 Å². The number of carbonyl (C=O) groups is 3. The van der Waals surface area contributed by atoms with Crippen LogP contribution in [0.25, 0.3) is 0 Å². The lowest BCUT2D eigenvalue weighted by molar-refractivity contribution is -0.305. The van der Waals surface area contributed by atoms with Gasteiger partial charge in [-0.05, 0) is 44.4 Å².